The molecule has 40 heavy (non-hydrogen) atoms. The number of carbonyl (C=O) groups is 2. The van der Waals surface area contributed by atoms with Crippen LogP contribution in [0.15, 0.2) is 84.9 Å². The van der Waals surface area contributed by atoms with Crippen molar-refractivity contribution in [2.45, 2.75) is 58.5 Å². The van der Waals surface area contributed by atoms with Crippen molar-refractivity contribution >= 4 is 27.5 Å². The third kappa shape index (κ3) is 9.23. The molecular weight excluding hydrogens is 522 g/mol. The molecule has 0 spiro atoms. The van der Waals surface area contributed by atoms with E-state index < -0.39 is 16.1 Å². The second-order valence-electron chi connectivity index (χ2n) is 10.1. The maximum atomic E-state index is 13.9. The molecule has 8 heteroatoms. The molecule has 0 bridgehead atoms. The van der Waals surface area contributed by atoms with E-state index in [-0.39, 0.29) is 24.8 Å². The number of hydrogen-bond acceptors (Lipinski definition) is 4. The molecule has 1 N–H and O–H groups in total. The van der Waals surface area contributed by atoms with Gasteiger partial charge in [-0.05, 0) is 48.6 Å². The quantitative estimate of drug-likeness (QED) is 0.261. The van der Waals surface area contributed by atoms with E-state index in [1.807, 2.05) is 67.6 Å². The van der Waals surface area contributed by atoms with Gasteiger partial charge in [-0.2, -0.15) is 0 Å². The van der Waals surface area contributed by atoms with Crippen LogP contribution in [0, 0.1) is 6.92 Å². The van der Waals surface area contributed by atoms with Crippen LogP contribution in [-0.4, -0.2) is 50.5 Å². The highest BCUT2D eigenvalue weighted by molar-refractivity contribution is 7.92. The molecule has 0 aromatic heterocycles. The van der Waals surface area contributed by atoms with Crippen molar-refractivity contribution in [3.05, 3.63) is 102 Å². The van der Waals surface area contributed by atoms with Crippen molar-refractivity contribution in [3.63, 3.8) is 0 Å². The van der Waals surface area contributed by atoms with Gasteiger partial charge in [-0.25, -0.2) is 8.42 Å². The summed E-state index contributed by atoms with van der Waals surface area (Å²) < 4.78 is 26.4. The number of amides is 2. The lowest BCUT2D eigenvalue weighted by molar-refractivity contribution is -0.141. The summed E-state index contributed by atoms with van der Waals surface area (Å²) in [7, 11) is -3.53. The Balaban J connectivity index is 1.87. The summed E-state index contributed by atoms with van der Waals surface area (Å²) in [6.45, 7) is 5.07. The highest BCUT2D eigenvalue weighted by Crippen LogP contribution is 2.21. The van der Waals surface area contributed by atoms with Crippen molar-refractivity contribution in [1.82, 2.24) is 10.2 Å². The molecule has 0 fully saturated rings. The highest BCUT2D eigenvalue weighted by Gasteiger charge is 2.30. The Labute approximate surface area is 239 Å². The zero-order valence-electron chi connectivity index (χ0n) is 23.8. The fourth-order valence-electron chi connectivity index (χ4n) is 4.63. The Morgan fingerprint density at radius 1 is 0.875 bits per heavy atom. The van der Waals surface area contributed by atoms with Crippen LogP contribution in [0.5, 0.6) is 0 Å². The van der Waals surface area contributed by atoms with Crippen molar-refractivity contribution in [2.24, 2.45) is 0 Å². The third-order valence-electron chi connectivity index (χ3n) is 6.90. The maximum Gasteiger partial charge on any atom is 0.243 e. The molecule has 1 unspecified atom stereocenters. The predicted octanol–water partition coefficient (Wildman–Crippen LogP) is 5.10. The number of nitrogens with one attached hydrogen (secondary N) is 1. The first-order chi connectivity index (χ1) is 19.2. The minimum absolute atomic E-state index is 0.109. The van der Waals surface area contributed by atoms with Crippen LogP contribution in [0.1, 0.15) is 49.3 Å². The smallest absolute Gasteiger partial charge is 0.243 e. The molecule has 7 nitrogen and oxygen atoms in total. The standard InChI is InChI=1S/C32H41N3O4S/c1-4-5-22-33-32(37)30(24-27-16-8-6-9-17-27)34(25-28-18-13-12-15-26(28)2)31(36)21-14-23-35(40(3,38)39)29-19-10-7-11-20-29/h6-13,15-20,30H,4-5,14,21-25H2,1-3H3,(H,33,37). The number of unbranched alkanes of at least 4 members (excludes halogenated alkanes) is 1. The Morgan fingerprint density at radius 3 is 2.12 bits per heavy atom. The molecule has 0 saturated carbocycles. The average Bonchev–Trinajstić information content (AvgIpc) is 2.94. The normalized spacial score (nSPS) is 12.0. The van der Waals surface area contributed by atoms with Crippen LogP contribution < -0.4 is 9.62 Å². The predicted molar refractivity (Wildman–Crippen MR) is 161 cm³/mol. The molecule has 0 aliphatic heterocycles. The second-order valence-corrected chi connectivity index (χ2v) is 12.0. The van der Waals surface area contributed by atoms with Crippen LogP contribution in [0.4, 0.5) is 5.69 Å². The molecule has 0 saturated heterocycles. The van der Waals surface area contributed by atoms with E-state index in [2.05, 4.69) is 12.2 Å². The molecular formula is C32H41N3O4S. The van der Waals surface area contributed by atoms with Gasteiger partial charge in [0, 0.05) is 32.5 Å². The van der Waals surface area contributed by atoms with Crippen molar-refractivity contribution in [1.29, 1.82) is 0 Å². The molecule has 0 aliphatic carbocycles. The van der Waals surface area contributed by atoms with E-state index in [4.69, 9.17) is 0 Å². The largest absolute Gasteiger partial charge is 0.354 e. The van der Waals surface area contributed by atoms with E-state index in [9.17, 15) is 18.0 Å². The molecule has 0 aliphatic rings. The van der Waals surface area contributed by atoms with Crippen molar-refractivity contribution < 1.29 is 18.0 Å². The van der Waals surface area contributed by atoms with Gasteiger partial charge in [-0.3, -0.25) is 13.9 Å². The molecule has 0 heterocycles. The zero-order valence-corrected chi connectivity index (χ0v) is 24.6. The fourth-order valence-corrected chi connectivity index (χ4v) is 5.59. The Morgan fingerprint density at radius 2 is 1.50 bits per heavy atom. The van der Waals surface area contributed by atoms with Crippen LogP contribution >= 0.6 is 0 Å². The lowest BCUT2D eigenvalue weighted by atomic mass is 10.0. The number of para-hydroxylation sites is 1. The Hall–Kier alpha value is -3.65. The summed E-state index contributed by atoms with van der Waals surface area (Å²) in [6, 6.07) is 25.7. The number of nitrogens with zero attached hydrogens (tertiary/aromatic N) is 2. The summed E-state index contributed by atoms with van der Waals surface area (Å²) in [4.78, 5) is 29.1. The maximum absolute atomic E-state index is 13.9. The fraction of sp³-hybridized carbons (Fsp3) is 0.375. The van der Waals surface area contributed by atoms with Crippen molar-refractivity contribution in [3.8, 4) is 0 Å². The third-order valence-corrected chi connectivity index (χ3v) is 8.09. The van der Waals surface area contributed by atoms with Gasteiger partial charge >= 0.3 is 0 Å². The molecule has 3 aromatic rings. The summed E-state index contributed by atoms with van der Waals surface area (Å²) >= 11 is 0. The number of hydrogen-bond donors (Lipinski definition) is 1. The van der Waals surface area contributed by atoms with Crippen LogP contribution in [-0.2, 0) is 32.6 Å². The van der Waals surface area contributed by atoms with Crippen LogP contribution in [0.3, 0.4) is 0 Å². The van der Waals surface area contributed by atoms with Gasteiger partial charge < -0.3 is 10.2 Å². The summed E-state index contributed by atoms with van der Waals surface area (Å²) in [6.07, 6.45) is 3.79. The Bertz CT molecular complexity index is 1330. The van der Waals surface area contributed by atoms with E-state index in [1.165, 1.54) is 10.6 Å². The van der Waals surface area contributed by atoms with Gasteiger partial charge in [0.15, 0.2) is 0 Å². The SMILES string of the molecule is CCCCNC(=O)C(Cc1ccccc1)N(Cc1ccccc1C)C(=O)CCCN(c1ccccc1)S(C)(=O)=O. The van der Waals surface area contributed by atoms with Gasteiger partial charge in [0.2, 0.25) is 21.8 Å². The molecule has 214 valence electrons. The first-order valence-electron chi connectivity index (χ1n) is 13.9. The number of benzene rings is 3. The van der Waals surface area contributed by atoms with Crippen LogP contribution in [0.25, 0.3) is 0 Å². The molecule has 3 aromatic carbocycles. The number of sulfonamides is 1. The average molecular weight is 564 g/mol. The molecule has 1 atom stereocenters. The second kappa shape index (κ2) is 15.2. The van der Waals surface area contributed by atoms with Gasteiger partial charge in [0.05, 0.1) is 11.9 Å². The van der Waals surface area contributed by atoms with E-state index in [0.717, 1.165) is 29.5 Å². The van der Waals surface area contributed by atoms with Gasteiger partial charge in [0.25, 0.3) is 0 Å². The van der Waals surface area contributed by atoms with E-state index >= 15 is 0 Å². The van der Waals surface area contributed by atoms with Gasteiger partial charge in [-0.15, -0.1) is 0 Å². The molecule has 3 rings (SSSR count). The molecule has 0 radical (unpaired) electrons. The lowest BCUT2D eigenvalue weighted by Crippen LogP contribution is -2.50. The number of anilines is 1. The first kappa shape index (κ1) is 30.9. The summed E-state index contributed by atoms with van der Waals surface area (Å²) in [5.41, 5.74) is 3.54. The zero-order chi connectivity index (χ0) is 29.0. The number of rotatable bonds is 15. The summed E-state index contributed by atoms with van der Waals surface area (Å²) in [5.74, 6) is -0.363. The number of carbonyl (C=O) groups excluding carboxylic acids is 2. The monoisotopic (exact) mass is 563 g/mol. The number of aryl methyl sites for hydroxylation is 1. The van der Waals surface area contributed by atoms with Gasteiger partial charge in [-0.1, -0.05) is 86.1 Å². The summed E-state index contributed by atoms with van der Waals surface area (Å²) in [5, 5.41) is 3.04. The molecule has 2 amide bonds. The van der Waals surface area contributed by atoms with Crippen molar-refractivity contribution in [2.75, 3.05) is 23.7 Å². The lowest BCUT2D eigenvalue weighted by Gasteiger charge is -2.32. The Kier molecular flexibility index (Phi) is 11.8. The minimum atomic E-state index is -3.53. The minimum Gasteiger partial charge on any atom is -0.354 e. The van der Waals surface area contributed by atoms with E-state index in [1.54, 1.807) is 29.2 Å². The van der Waals surface area contributed by atoms with E-state index in [0.29, 0.717) is 31.6 Å². The first-order valence-corrected chi connectivity index (χ1v) is 15.7. The topological polar surface area (TPSA) is 86.8 Å². The highest BCUT2D eigenvalue weighted by atomic mass is 32.2. The van der Waals surface area contributed by atoms with Crippen LogP contribution in [0.2, 0.25) is 0 Å². The van der Waals surface area contributed by atoms with Gasteiger partial charge in [0.1, 0.15) is 6.04 Å².